The second kappa shape index (κ2) is 6.91. The van der Waals surface area contributed by atoms with Crippen LogP contribution in [0.1, 0.15) is 19.4 Å². The van der Waals surface area contributed by atoms with Crippen molar-refractivity contribution in [1.29, 1.82) is 0 Å². The first kappa shape index (κ1) is 13.5. The van der Waals surface area contributed by atoms with Gasteiger partial charge in [-0.25, -0.2) is 4.79 Å². The maximum atomic E-state index is 11.6. The van der Waals surface area contributed by atoms with Crippen molar-refractivity contribution in [2.24, 2.45) is 5.92 Å². The topological polar surface area (TPSA) is 61.4 Å². The number of urea groups is 1. The van der Waals surface area contributed by atoms with Crippen LogP contribution in [0.5, 0.6) is 0 Å². The highest BCUT2D eigenvalue weighted by atomic mass is 16.3. The quantitative estimate of drug-likeness (QED) is 0.725. The van der Waals surface area contributed by atoms with E-state index in [9.17, 15) is 4.79 Å². The Bertz CT molecular complexity index is 339. The third-order valence-electron chi connectivity index (χ3n) is 2.61. The molecule has 17 heavy (non-hydrogen) atoms. The van der Waals surface area contributed by atoms with Gasteiger partial charge in [-0.15, -0.1) is 0 Å². The molecule has 0 heterocycles. The van der Waals surface area contributed by atoms with Crippen molar-refractivity contribution in [3.05, 3.63) is 35.9 Å². The van der Waals surface area contributed by atoms with Crippen molar-refractivity contribution < 1.29 is 9.90 Å². The van der Waals surface area contributed by atoms with E-state index in [1.54, 1.807) is 0 Å². The number of aliphatic hydroxyl groups is 1. The molecule has 2 amide bonds. The number of hydrogen-bond donors (Lipinski definition) is 3. The van der Waals surface area contributed by atoms with Crippen molar-refractivity contribution in [2.75, 3.05) is 6.61 Å². The minimum atomic E-state index is -0.249. The average molecular weight is 236 g/mol. The Morgan fingerprint density at radius 2 is 1.94 bits per heavy atom. The lowest BCUT2D eigenvalue weighted by atomic mass is 10.1. The van der Waals surface area contributed by atoms with Crippen molar-refractivity contribution in [2.45, 2.75) is 26.4 Å². The number of rotatable bonds is 5. The molecule has 0 aliphatic rings. The lowest BCUT2D eigenvalue weighted by molar-refractivity contribution is 0.198. The maximum absolute atomic E-state index is 11.6. The zero-order chi connectivity index (χ0) is 12.7. The highest BCUT2D eigenvalue weighted by molar-refractivity contribution is 5.74. The summed E-state index contributed by atoms with van der Waals surface area (Å²) in [7, 11) is 0. The molecule has 0 radical (unpaired) electrons. The zero-order valence-electron chi connectivity index (χ0n) is 10.3. The summed E-state index contributed by atoms with van der Waals surface area (Å²) >= 11 is 0. The number of carbonyl (C=O) groups is 1. The molecule has 1 aromatic carbocycles. The van der Waals surface area contributed by atoms with Gasteiger partial charge in [0.25, 0.3) is 0 Å². The molecule has 0 aromatic heterocycles. The van der Waals surface area contributed by atoms with Crippen LogP contribution in [0.4, 0.5) is 4.79 Å². The number of benzene rings is 1. The molecule has 0 saturated carbocycles. The average Bonchev–Trinajstić information content (AvgIpc) is 2.34. The van der Waals surface area contributed by atoms with Gasteiger partial charge in [-0.2, -0.15) is 0 Å². The van der Waals surface area contributed by atoms with E-state index in [0.29, 0.717) is 6.54 Å². The van der Waals surface area contributed by atoms with E-state index in [1.165, 1.54) is 0 Å². The van der Waals surface area contributed by atoms with Gasteiger partial charge in [0.15, 0.2) is 0 Å². The van der Waals surface area contributed by atoms with Crippen molar-refractivity contribution >= 4 is 6.03 Å². The second-order valence-electron chi connectivity index (χ2n) is 4.35. The van der Waals surface area contributed by atoms with E-state index in [2.05, 4.69) is 10.6 Å². The van der Waals surface area contributed by atoms with Crippen LogP contribution in [-0.4, -0.2) is 23.8 Å². The Morgan fingerprint density at radius 1 is 1.29 bits per heavy atom. The first-order valence-electron chi connectivity index (χ1n) is 5.82. The van der Waals surface area contributed by atoms with Gasteiger partial charge >= 0.3 is 6.03 Å². The molecule has 4 nitrogen and oxygen atoms in total. The molecule has 0 saturated heterocycles. The summed E-state index contributed by atoms with van der Waals surface area (Å²) in [6, 6.07) is 9.24. The molecular weight excluding hydrogens is 216 g/mol. The molecule has 0 bridgehead atoms. The molecule has 0 aliphatic carbocycles. The Balaban J connectivity index is 2.35. The van der Waals surface area contributed by atoms with Crippen LogP contribution in [0.15, 0.2) is 30.3 Å². The Kier molecular flexibility index (Phi) is 5.49. The SMILES string of the molecule is CC(C)C(CO)NC(=O)NCc1ccccc1. The number of hydrogen-bond acceptors (Lipinski definition) is 2. The monoisotopic (exact) mass is 236 g/mol. The third kappa shape index (κ3) is 4.87. The first-order chi connectivity index (χ1) is 8.13. The van der Waals surface area contributed by atoms with E-state index in [0.717, 1.165) is 5.56 Å². The molecule has 1 unspecified atom stereocenters. The molecule has 0 spiro atoms. The molecule has 1 aromatic rings. The minimum absolute atomic E-state index is 0.0452. The Morgan fingerprint density at radius 3 is 2.47 bits per heavy atom. The molecule has 4 heteroatoms. The predicted molar refractivity (Wildman–Crippen MR) is 67.5 cm³/mol. The standard InChI is InChI=1S/C13H20N2O2/c1-10(2)12(9-16)15-13(17)14-8-11-6-4-3-5-7-11/h3-7,10,12,16H,8-9H2,1-2H3,(H2,14,15,17). The molecule has 1 atom stereocenters. The second-order valence-corrected chi connectivity index (χ2v) is 4.35. The molecule has 0 aliphatic heterocycles. The number of carbonyl (C=O) groups excluding carboxylic acids is 1. The lowest BCUT2D eigenvalue weighted by Crippen LogP contribution is -2.46. The summed E-state index contributed by atoms with van der Waals surface area (Å²) in [5.41, 5.74) is 1.05. The molecule has 94 valence electrons. The van der Waals surface area contributed by atoms with Crippen LogP contribution >= 0.6 is 0 Å². The molecule has 1 rings (SSSR count). The van der Waals surface area contributed by atoms with Crippen LogP contribution in [0.3, 0.4) is 0 Å². The summed E-state index contributed by atoms with van der Waals surface area (Å²) in [4.78, 5) is 11.6. The zero-order valence-corrected chi connectivity index (χ0v) is 10.3. The fraction of sp³-hybridized carbons (Fsp3) is 0.462. The predicted octanol–water partition coefficient (Wildman–Crippen LogP) is 1.50. The third-order valence-corrected chi connectivity index (χ3v) is 2.61. The smallest absolute Gasteiger partial charge is 0.315 e. The van der Waals surface area contributed by atoms with Crippen molar-refractivity contribution in [3.8, 4) is 0 Å². The summed E-state index contributed by atoms with van der Waals surface area (Å²) in [5, 5.41) is 14.6. The van der Waals surface area contributed by atoms with E-state index < -0.39 is 0 Å². The van der Waals surface area contributed by atoms with Crippen molar-refractivity contribution in [3.63, 3.8) is 0 Å². The van der Waals surface area contributed by atoms with Gasteiger partial charge in [0.2, 0.25) is 0 Å². The van der Waals surface area contributed by atoms with Gasteiger partial charge < -0.3 is 15.7 Å². The van der Waals surface area contributed by atoms with E-state index in [1.807, 2.05) is 44.2 Å². The number of aliphatic hydroxyl groups excluding tert-OH is 1. The van der Waals surface area contributed by atoms with Crippen LogP contribution in [0, 0.1) is 5.92 Å². The van der Waals surface area contributed by atoms with Crippen molar-refractivity contribution in [1.82, 2.24) is 10.6 Å². The van der Waals surface area contributed by atoms with Gasteiger partial charge in [-0.3, -0.25) is 0 Å². The van der Waals surface area contributed by atoms with Crippen LogP contribution < -0.4 is 10.6 Å². The fourth-order valence-electron chi connectivity index (χ4n) is 1.42. The summed E-state index contributed by atoms with van der Waals surface area (Å²) in [5.74, 6) is 0.211. The highest BCUT2D eigenvalue weighted by Crippen LogP contribution is 2.00. The van der Waals surface area contributed by atoms with Crippen LogP contribution in [0.25, 0.3) is 0 Å². The van der Waals surface area contributed by atoms with Gasteiger partial charge in [0.1, 0.15) is 0 Å². The largest absolute Gasteiger partial charge is 0.394 e. The highest BCUT2D eigenvalue weighted by Gasteiger charge is 2.14. The maximum Gasteiger partial charge on any atom is 0.315 e. The van der Waals surface area contributed by atoms with Gasteiger partial charge in [0, 0.05) is 6.54 Å². The Labute approximate surface area is 102 Å². The van der Waals surface area contributed by atoms with Gasteiger partial charge in [-0.1, -0.05) is 44.2 Å². The lowest BCUT2D eigenvalue weighted by Gasteiger charge is -2.20. The van der Waals surface area contributed by atoms with Crippen LogP contribution in [0.2, 0.25) is 0 Å². The number of amides is 2. The van der Waals surface area contributed by atoms with Crippen LogP contribution in [-0.2, 0) is 6.54 Å². The van der Waals surface area contributed by atoms with Gasteiger partial charge in [0.05, 0.1) is 12.6 Å². The van der Waals surface area contributed by atoms with E-state index in [-0.39, 0.29) is 24.6 Å². The molecule has 0 fully saturated rings. The van der Waals surface area contributed by atoms with Gasteiger partial charge in [-0.05, 0) is 11.5 Å². The first-order valence-corrected chi connectivity index (χ1v) is 5.82. The normalized spacial score (nSPS) is 12.2. The summed E-state index contributed by atoms with van der Waals surface area (Å²) in [6.07, 6.45) is 0. The Hall–Kier alpha value is -1.55. The summed E-state index contributed by atoms with van der Waals surface area (Å²) in [6.45, 7) is 4.36. The van der Waals surface area contributed by atoms with E-state index >= 15 is 0 Å². The fourth-order valence-corrected chi connectivity index (χ4v) is 1.42. The summed E-state index contributed by atoms with van der Waals surface area (Å²) < 4.78 is 0. The van der Waals surface area contributed by atoms with E-state index in [4.69, 9.17) is 5.11 Å². The minimum Gasteiger partial charge on any atom is -0.394 e. The molecular formula is C13H20N2O2. The molecule has 3 N–H and O–H groups in total. The number of nitrogens with one attached hydrogen (secondary N) is 2.